The zero-order valence-corrected chi connectivity index (χ0v) is 20.4. The van der Waals surface area contributed by atoms with Crippen molar-refractivity contribution in [2.45, 2.75) is 10.0 Å². The van der Waals surface area contributed by atoms with Gasteiger partial charge in [0.25, 0.3) is 0 Å². The van der Waals surface area contributed by atoms with Crippen LogP contribution in [0.3, 0.4) is 0 Å². The molecule has 5 rings (SSSR count). The van der Waals surface area contributed by atoms with Crippen LogP contribution >= 0.6 is 0 Å². The Kier molecular flexibility index (Phi) is 8.01. The average molecular weight is 508 g/mol. The van der Waals surface area contributed by atoms with Gasteiger partial charge in [-0.05, 0) is 0 Å². The fourth-order valence-electron chi connectivity index (χ4n) is 4.11. The van der Waals surface area contributed by atoms with Crippen LogP contribution in [0.25, 0.3) is 6.08 Å². The summed E-state index contributed by atoms with van der Waals surface area (Å²) < 4.78 is 2.16. The fraction of sp³-hybridized carbons (Fsp3) is 0.0741. The number of hydrogen-bond donors (Lipinski definition) is 0. The van der Waals surface area contributed by atoms with E-state index in [-0.39, 0.29) is 24.8 Å². The number of allylic oxidation sites excluding steroid dienone is 5. The van der Waals surface area contributed by atoms with Gasteiger partial charge in [-0.25, -0.2) is 0 Å². The Labute approximate surface area is 202 Å². The number of benzene rings is 3. The number of halogens is 2. The first-order valence-corrected chi connectivity index (χ1v) is 12.5. The van der Waals surface area contributed by atoms with Gasteiger partial charge >= 0.3 is 179 Å². The fourth-order valence-corrected chi connectivity index (χ4v) is 8.53. The molecule has 30 heavy (non-hydrogen) atoms. The van der Waals surface area contributed by atoms with Crippen LogP contribution in [-0.4, -0.2) is 3.21 Å². The second-order valence-electron chi connectivity index (χ2n) is 7.24. The van der Waals surface area contributed by atoms with Crippen LogP contribution in [0.5, 0.6) is 0 Å². The van der Waals surface area contributed by atoms with Crippen LogP contribution in [0.15, 0.2) is 114 Å². The third kappa shape index (κ3) is 4.60. The predicted octanol–water partition coefficient (Wildman–Crippen LogP) is 0.371. The van der Waals surface area contributed by atoms with Gasteiger partial charge in [0.2, 0.25) is 0 Å². The molecule has 0 radical (unpaired) electrons. The second-order valence-corrected chi connectivity index (χ2v) is 10.6. The summed E-state index contributed by atoms with van der Waals surface area (Å²) in [7, 11) is 0. The Hall–Kier alpha value is -1.79. The van der Waals surface area contributed by atoms with Gasteiger partial charge in [0.05, 0.1) is 0 Å². The van der Waals surface area contributed by atoms with E-state index in [9.17, 15) is 0 Å². The maximum atomic E-state index is 2.45. The van der Waals surface area contributed by atoms with Crippen LogP contribution in [0, 0.1) is 0 Å². The van der Waals surface area contributed by atoms with Gasteiger partial charge in [0.1, 0.15) is 0 Å². The summed E-state index contributed by atoms with van der Waals surface area (Å²) in [5.74, 6) is 0. The van der Waals surface area contributed by atoms with E-state index < -0.39 is 22.8 Å². The van der Waals surface area contributed by atoms with Crippen molar-refractivity contribution in [3.8, 4) is 0 Å². The van der Waals surface area contributed by atoms with Crippen molar-refractivity contribution in [2.75, 3.05) is 0 Å². The molecule has 0 spiro atoms. The summed E-state index contributed by atoms with van der Waals surface area (Å²) >= 11 is -0.966. The molecule has 0 aliphatic heterocycles. The van der Waals surface area contributed by atoms with E-state index in [2.05, 4.69) is 109 Å². The predicted molar refractivity (Wildman–Crippen MR) is 115 cm³/mol. The van der Waals surface area contributed by atoms with Crippen molar-refractivity contribution in [3.63, 3.8) is 0 Å². The normalized spacial score (nSPS) is 15.8. The van der Waals surface area contributed by atoms with Gasteiger partial charge in [0, 0.05) is 0 Å². The Balaban J connectivity index is 0.00000128. The molecule has 2 aliphatic carbocycles. The van der Waals surface area contributed by atoms with Crippen molar-refractivity contribution in [2.24, 2.45) is 0 Å². The minimum absolute atomic E-state index is 0. The minimum Gasteiger partial charge on any atom is -1.00 e. The van der Waals surface area contributed by atoms with Gasteiger partial charge in [-0.15, -0.1) is 0 Å². The minimum atomic E-state index is -0.966. The Morgan fingerprint density at radius 2 is 1.33 bits per heavy atom. The van der Waals surface area contributed by atoms with Gasteiger partial charge in [-0.1, -0.05) is 0 Å². The monoisotopic (exact) mass is 505 g/mol. The molecule has 0 saturated carbocycles. The van der Waals surface area contributed by atoms with Crippen LogP contribution in [-0.2, 0) is 22.8 Å². The first-order chi connectivity index (χ1) is 13.9. The topological polar surface area (TPSA) is 0 Å². The van der Waals surface area contributed by atoms with Crippen molar-refractivity contribution in [1.29, 1.82) is 0 Å². The molecule has 0 amide bonds. The summed E-state index contributed by atoms with van der Waals surface area (Å²) in [6.07, 6.45) is 10.3. The summed E-state index contributed by atoms with van der Waals surface area (Å²) in [4.78, 5) is 0. The number of hydrogen-bond acceptors (Lipinski definition) is 0. The molecular weight excluding hydrogens is 486 g/mol. The van der Waals surface area contributed by atoms with Crippen molar-refractivity contribution in [1.82, 2.24) is 0 Å². The number of rotatable bonds is 4. The second kappa shape index (κ2) is 10.5. The molecule has 0 fully saturated rings. The molecule has 3 heteroatoms. The third-order valence-corrected chi connectivity index (χ3v) is 9.85. The molecule has 0 aromatic heterocycles. The smallest absolute Gasteiger partial charge is 1.00 e. The maximum Gasteiger partial charge on any atom is -1.00 e. The van der Waals surface area contributed by atoms with Gasteiger partial charge in [-0.2, -0.15) is 0 Å². The van der Waals surface area contributed by atoms with Crippen LogP contribution in [0.1, 0.15) is 32.3 Å². The first-order valence-electron chi connectivity index (χ1n) is 9.81. The SMILES string of the molecule is C1=CCC(C2=Cc3ccccc3[CH]2[Zr+2]=[C](c2ccccc2)c2ccccc2)=C1.[Cl-].[Cl-]. The van der Waals surface area contributed by atoms with E-state index in [1.54, 1.807) is 8.78 Å². The Bertz CT molecular complexity index is 1080. The van der Waals surface area contributed by atoms with Crippen molar-refractivity contribution in [3.05, 3.63) is 137 Å². The van der Waals surface area contributed by atoms with Gasteiger partial charge < -0.3 is 24.8 Å². The van der Waals surface area contributed by atoms with E-state index >= 15 is 0 Å². The van der Waals surface area contributed by atoms with E-state index in [4.69, 9.17) is 0 Å². The zero-order valence-electron chi connectivity index (χ0n) is 16.4. The van der Waals surface area contributed by atoms with E-state index in [0.29, 0.717) is 3.63 Å². The van der Waals surface area contributed by atoms with Crippen LogP contribution in [0.2, 0.25) is 0 Å². The van der Waals surface area contributed by atoms with E-state index in [0.717, 1.165) is 6.42 Å². The molecule has 3 aromatic rings. The average Bonchev–Trinajstić information content (AvgIpc) is 3.41. The maximum absolute atomic E-state index is 2.45. The molecule has 0 heterocycles. The van der Waals surface area contributed by atoms with Crippen LogP contribution < -0.4 is 24.8 Å². The molecule has 3 aromatic carbocycles. The standard InChI is InChI=1S/C14H11.C13H10.2ClH.Zr/c1-2-6-11(5-1)14-9-12-7-3-4-8-13(12)10-14;1-3-7-12(8-4-1)11-13-9-5-2-6-10-13;;;/h1-5,7-10H,6H2;1-10H;2*1H;/q;;;;+2/p-2. The largest absolute Gasteiger partial charge is 1.00 e. The molecule has 0 saturated heterocycles. The molecule has 0 nitrogen and oxygen atoms in total. The van der Waals surface area contributed by atoms with Crippen LogP contribution in [0.4, 0.5) is 0 Å². The Morgan fingerprint density at radius 3 is 1.93 bits per heavy atom. The first kappa shape index (κ1) is 22.9. The quantitative estimate of drug-likeness (QED) is 0.479. The number of fused-ring (bicyclic) bond motifs is 1. The van der Waals surface area contributed by atoms with Gasteiger partial charge in [-0.3, -0.25) is 0 Å². The molecule has 0 bridgehead atoms. The summed E-state index contributed by atoms with van der Waals surface area (Å²) in [5, 5.41) is 0. The molecule has 1 atom stereocenters. The van der Waals surface area contributed by atoms with Crippen molar-refractivity contribution < 1.29 is 47.6 Å². The molecule has 147 valence electrons. The molecule has 1 unspecified atom stereocenters. The third-order valence-electron chi connectivity index (χ3n) is 5.48. The summed E-state index contributed by atoms with van der Waals surface area (Å²) in [5.41, 5.74) is 8.78. The summed E-state index contributed by atoms with van der Waals surface area (Å²) in [6.45, 7) is 0. The van der Waals surface area contributed by atoms with Crippen molar-refractivity contribution >= 4 is 9.28 Å². The zero-order chi connectivity index (χ0) is 18.8. The molecule has 2 aliphatic rings. The molecule has 0 N–H and O–H groups in total. The Morgan fingerprint density at radius 1 is 0.733 bits per heavy atom. The molecular formula is C27H21Cl2Zr. The summed E-state index contributed by atoms with van der Waals surface area (Å²) in [6, 6.07) is 31.0. The van der Waals surface area contributed by atoms with E-state index in [1.165, 1.54) is 27.8 Å². The van der Waals surface area contributed by atoms with Gasteiger partial charge in [0.15, 0.2) is 0 Å². The van der Waals surface area contributed by atoms with E-state index in [1.807, 2.05) is 0 Å².